The average molecular weight is 143 g/mol. The van der Waals surface area contributed by atoms with Crippen molar-refractivity contribution in [3.8, 4) is 0 Å². The zero-order chi connectivity index (χ0) is 6.41. The SMILES string of the molecule is OCC(O)COOCl. The summed E-state index contributed by atoms with van der Waals surface area (Å²) in [5.41, 5.74) is 0. The highest BCUT2D eigenvalue weighted by molar-refractivity contribution is 6.06. The van der Waals surface area contributed by atoms with E-state index in [4.69, 9.17) is 10.2 Å². The quantitative estimate of drug-likeness (QED) is 0.408. The van der Waals surface area contributed by atoms with Gasteiger partial charge in [0.15, 0.2) is 0 Å². The molecule has 8 heavy (non-hydrogen) atoms. The second-order valence-electron chi connectivity index (χ2n) is 1.18. The van der Waals surface area contributed by atoms with Crippen molar-refractivity contribution in [2.75, 3.05) is 13.2 Å². The van der Waals surface area contributed by atoms with Gasteiger partial charge in [-0.05, 0) is 0 Å². The second kappa shape index (κ2) is 5.27. The maximum absolute atomic E-state index is 8.48. The predicted molar refractivity (Wildman–Crippen MR) is 26.0 cm³/mol. The minimum atomic E-state index is -0.922. The molecule has 0 saturated carbocycles. The zero-order valence-electron chi connectivity index (χ0n) is 4.08. The zero-order valence-corrected chi connectivity index (χ0v) is 4.84. The molecule has 0 aromatic carbocycles. The van der Waals surface area contributed by atoms with Gasteiger partial charge in [-0.3, -0.25) is 0 Å². The Kier molecular flexibility index (Phi) is 5.36. The molecular weight excluding hydrogens is 135 g/mol. The number of hydrogen-bond acceptors (Lipinski definition) is 4. The molecule has 0 fully saturated rings. The van der Waals surface area contributed by atoms with Crippen LogP contribution in [0, 0.1) is 0 Å². The van der Waals surface area contributed by atoms with E-state index in [0.717, 1.165) is 0 Å². The third-order valence-corrected chi connectivity index (χ3v) is 0.605. The van der Waals surface area contributed by atoms with Gasteiger partial charge in [0, 0.05) is 0 Å². The Morgan fingerprint density at radius 3 is 2.62 bits per heavy atom. The van der Waals surface area contributed by atoms with E-state index in [1.165, 1.54) is 0 Å². The average Bonchev–Trinajstić information content (AvgIpc) is 1.83. The summed E-state index contributed by atoms with van der Waals surface area (Å²) in [6, 6.07) is 0. The Balaban J connectivity index is 2.86. The van der Waals surface area contributed by atoms with Crippen LogP contribution >= 0.6 is 11.9 Å². The first-order valence-electron chi connectivity index (χ1n) is 2.00. The number of halogens is 1. The van der Waals surface area contributed by atoms with Gasteiger partial charge in [-0.25, -0.2) is 4.89 Å². The van der Waals surface area contributed by atoms with E-state index in [1.807, 2.05) is 0 Å². The molecule has 0 aliphatic heterocycles. The van der Waals surface area contributed by atoms with Crippen LogP contribution < -0.4 is 0 Å². The summed E-state index contributed by atoms with van der Waals surface area (Å²) in [6.07, 6.45) is -0.922. The molecule has 0 aliphatic rings. The van der Waals surface area contributed by atoms with Crippen molar-refractivity contribution in [3.05, 3.63) is 0 Å². The maximum atomic E-state index is 8.48. The van der Waals surface area contributed by atoms with Gasteiger partial charge in [-0.1, -0.05) is 0 Å². The van der Waals surface area contributed by atoms with Crippen LogP contribution in [0.3, 0.4) is 0 Å². The first kappa shape index (κ1) is 8.13. The van der Waals surface area contributed by atoms with Gasteiger partial charge in [0.25, 0.3) is 0 Å². The van der Waals surface area contributed by atoms with Crippen molar-refractivity contribution >= 4 is 11.9 Å². The molecule has 0 aromatic rings. The van der Waals surface area contributed by atoms with Gasteiger partial charge in [0.05, 0.1) is 18.5 Å². The summed E-state index contributed by atoms with van der Waals surface area (Å²) in [6.45, 7) is -0.486. The fourth-order valence-electron chi connectivity index (χ4n) is 0.157. The van der Waals surface area contributed by atoms with E-state index in [9.17, 15) is 0 Å². The van der Waals surface area contributed by atoms with Gasteiger partial charge in [-0.2, -0.15) is 0 Å². The van der Waals surface area contributed by atoms with E-state index in [0.29, 0.717) is 0 Å². The molecule has 4 nitrogen and oxygen atoms in total. The summed E-state index contributed by atoms with van der Waals surface area (Å²) >= 11 is 4.59. The van der Waals surface area contributed by atoms with Gasteiger partial charge < -0.3 is 10.2 Å². The van der Waals surface area contributed by atoms with E-state index >= 15 is 0 Å². The van der Waals surface area contributed by atoms with Gasteiger partial charge in [0.1, 0.15) is 12.7 Å². The molecule has 0 spiro atoms. The highest BCUT2D eigenvalue weighted by atomic mass is 35.5. The highest BCUT2D eigenvalue weighted by Crippen LogP contribution is 1.86. The van der Waals surface area contributed by atoms with Crippen molar-refractivity contribution in [2.24, 2.45) is 0 Å². The molecular formula is C3H7ClO4. The molecule has 50 valence electrons. The number of aliphatic hydroxyl groups is 2. The maximum Gasteiger partial charge on any atom is 0.112 e. The van der Waals surface area contributed by atoms with Crippen LogP contribution in [0.1, 0.15) is 0 Å². The third kappa shape index (κ3) is 4.29. The first-order valence-corrected chi connectivity index (χ1v) is 2.31. The number of hydrogen-bond donors (Lipinski definition) is 2. The summed E-state index contributed by atoms with van der Waals surface area (Å²) in [5.74, 6) is 0. The molecule has 0 heterocycles. The van der Waals surface area contributed by atoms with Crippen molar-refractivity contribution in [2.45, 2.75) is 6.10 Å². The standard InChI is InChI=1S/C3H7ClO4/c4-8-7-2-3(6)1-5/h3,5-6H,1-2H2. The normalized spacial score (nSPS) is 13.9. The minimum absolute atomic E-state index is 0.125. The molecule has 5 heteroatoms. The van der Waals surface area contributed by atoms with Crippen LogP contribution in [-0.2, 0) is 9.33 Å². The summed E-state index contributed by atoms with van der Waals surface area (Å²) < 4.78 is 3.62. The topological polar surface area (TPSA) is 58.9 Å². The lowest BCUT2D eigenvalue weighted by Gasteiger charge is -2.01. The predicted octanol–water partition coefficient (Wildman–Crippen LogP) is -0.558. The molecule has 0 amide bonds. The van der Waals surface area contributed by atoms with Crippen LogP contribution in [0.25, 0.3) is 0 Å². The molecule has 1 unspecified atom stereocenters. The van der Waals surface area contributed by atoms with Gasteiger partial charge in [0.2, 0.25) is 0 Å². The van der Waals surface area contributed by atoms with E-state index in [1.54, 1.807) is 0 Å². The van der Waals surface area contributed by atoms with Crippen LogP contribution in [0.5, 0.6) is 0 Å². The fourth-order valence-corrected chi connectivity index (χ4v) is 0.208. The Bertz CT molecular complexity index is 50.5. The van der Waals surface area contributed by atoms with Crippen molar-refractivity contribution in [3.63, 3.8) is 0 Å². The van der Waals surface area contributed by atoms with E-state index in [-0.39, 0.29) is 13.2 Å². The number of aliphatic hydroxyl groups excluding tert-OH is 2. The molecule has 0 bridgehead atoms. The van der Waals surface area contributed by atoms with Gasteiger partial charge >= 0.3 is 0 Å². The van der Waals surface area contributed by atoms with Crippen molar-refractivity contribution in [1.29, 1.82) is 0 Å². The Morgan fingerprint density at radius 2 is 2.25 bits per heavy atom. The smallest absolute Gasteiger partial charge is 0.112 e. The Hall–Kier alpha value is 0.130. The Labute approximate surface area is 51.7 Å². The molecule has 1 atom stereocenters. The largest absolute Gasteiger partial charge is 0.394 e. The van der Waals surface area contributed by atoms with Crippen LogP contribution in [-0.4, -0.2) is 29.5 Å². The van der Waals surface area contributed by atoms with Crippen LogP contribution in [0.2, 0.25) is 0 Å². The van der Waals surface area contributed by atoms with Crippen LogP contribution in [0.4, 0.5) is 0 Å². The highest BCUT2D eigenvalue weighted by Gasteiger charge is 2.00. The molecule has 0 saturated heterocycles. The Morgan fingerprint density at radius 1 is 1.62 bits per heavy atom. The molecule has 0 aliphatic carbocycles. The van der Waals surface area contributed by atoms with Crippen molar-refractivity contribution in [1.82, 2.24) is 0 Å². The lowest BCUT2D eigenvalue weighted by Crippen LogP contribution is -2.18. The lowest BCUT2D eigenvalue weighted by molar-refractivity contribution is -0.222. The van der Waals surface area contributed by atoms with Crippen molar-refractivity contribution < 1.29 is 19.5 Å². The lowest BCUT2D eigenvalue weighted by atomic mass is 10.4. The number of rotatable bonds is 4. The third-order valence-electron chi connectivity index (χ3n) is 0.516. The summed E-state index contributed by atoms with van der Waals surface area (Å²) in [7, 11) is 0. The molecule has 0 rings (SSSR count). The first-order chi connectivity index (χ1) is 3.81. The molecule has 0 aromatic heterocycles. The molecule has 0 radical (unpaired) electrons. The van der Waals surface area contributed by atoms with E-state index in [2.05, 4.69) is 21.2 Å². The minimum Gasteiger partial charge on any atom is -0.394 e. The van der Waals surface area contributed by atoms with E-state index < -0.39 is 6.10 Å². The molecule has 2 N–H and O–H groups in total. The summed E-state index contributed by atoms with van der Waals surface area (Å²) in [4.78, 5) is 4.04. The second-order valence-corrected chi connectivity index (χ2v) is 1.31. The van der Waals surface area contributed by atoms with Crippen LogP contribution in [0.15, 0.2) is 0 Å². The van der Waals surface area contributed by atoms with Gasteiger partial charge in [-0.15, -0.1) is 4.44 Å². The monoisotopic (exact) mass is 142 g/mol. The fraction of sp³-hybridized carbons (Fsp3) is 1.00. The summed E-state index contributed by atoms with van der Waals surface area (Å²) in [5, 5.41) is 16.6.